The van der Waals surface area contributed by atoms with E-state index in [1.165, 1.54) is 12.1 Å². The number of likely N-dealkylation sites (tertiary alicyclic amines) is 1. The van der Waals surface area contributed by atoms with Crippen LogP contribution in [0.1, 0.15) is 12.8 Å². The van der Waals surface area contributed by atoms with Gasteiger partial charge in [0, 0.05) is 19.2 Å². The zero-order chi connectivity index (χ0) is 15.4. The van der Waals surface area contributed by atoms with Crippen LogP contribution in [0, 0.1) is 5.92 Å². The van der Waals surface area contributed by atoms with Crippen LogP contribution in [-0.2, 0) is 4.79 Å². The highest BCUT2D eigenvalue weighted by atomic mass is 35.5. The lowest BCUT2D eigenvalue weighted by molar-refractivity contribution is -0.134. The van der Waals surface area contributed by atoms with Crippen molar-refractivity contribution in [2.75, 3.05) is 26.2 Å². The number of rotatable bonds is 4. The third-order valence-corrected chi connectivity index (χ3v) is 4.64. The van der Waals surface area contributed by atoms with Crippen molar-refractivity contribution in [3.63, 3.8) is 0 Å². The Bertz CT molecular complexity index is 520. The molecule has 1 heterocycles. The van der Waals surface area contributed by atoms with Crippen LogP contribution in [0.4, 0.5) is 0 Å². The molecule has 124 valence electrons. The normalized spacial score (nSPS) is 15.4. The van der Waals surface area contributed by atoms with Gasteiger partial charge in [-0.3, -0.25) is 4.79 Å². The summed E-state index contributed by atoms with van der Waals surface area (Å²) < 4.78 is 5.45. The van der Waals surface area contributed by atoms with Crippen LogP contribution in [-0.4, -0.2) is 37.0 Å². The molecular formula is C14H18Cl4N2O2. The summed E-state index contributed by atoms with van der Waals surface area (Å²) >= 11 is 17.7. The molecule has 1 aliphatic rings. The van der Waals surface area contributed by atoms with Crippen molar-refractivity contribution in [2.24, 2.45) is 11.7 Å². The number of hydrogen-bond acceptors (Lipinski definition) is 3. The number of nitrogens with two attached hydrogens (primary N) is 1. The number of carbonyl (C=O) groups is 1. The molecule has 0 saturated carbocycles. The Morgan fingerprint density at radius 1 is 1.18 bits per heavy atom. The summed E-state index contributed by atoms with van der Waals surface area (Å²) in [6, 6.07) is 3.01. The molecule has 1 aromatic carbocycles. The highest BCUT2D eigenvalue weighted by Crippen LogP contribution is 2.33. The second-order valence-corrected chi connectivity index (χ2v) is 6.27. The van der Waals surface area contributed by atoms with Crippen molar-refractivity contribution in [1.82, 2.24) is 4.90 Å². The van der Waals surface area contributed by atoms with E-state index in [1.807, 2.05) is 0 Å². The number of benzene rings is 1. The average Bonchev–Trinajstić information content (AvgIpc) is 2.49. The molecule has 1 amide bonds. The number of ether oxygens (including phenoxy) is 1. The molecule has 0 atom stereocenters. The van der Waals surface area contributed by atoms with Gasteiger partial charge in [-0.25, -0.2) is 0 Å². The van der Waals surface area contributed by atoms with Crippen LogP contribution in [0.5, 0.6) is 5.75 Å². The summed E-state index contributed by atoms with van der Waals surface area (Å²) in [5.41, 5.74) is 5.64. The Hall–Kier alpha value is -0.390. The van der Waals surface area contributed by atoms with Gasteiger partial charge in [0.05, 0.1) is 15.1 Å². The van der Waals surface area contributed by atoms with E-state index in [1.54, 1.807) is 4.90 Å². The predicted molar refractivity (Wildman–Crippen MR) is 92.6 cm³/mol. The third-order valence-electron chi connectivity index (χ3n) is 3.63. The van der Waals surface area contributed by atoms with Gasteiger partial charge in [-0.2, -0.15) is 0 Å². The van der Waals surface area contributed by atoms with Crippen molar-refractivity contribution >= 4 is 53.1 Å². The molecule has 2 rings (SSSR count). The molecule has 0 radical (unpaired) electrons. The average molecular weight is 388 g/mol. The van der Waals surface area contributed by atoms with Gasteiger partial charge < -0.3 is 15.4 Å². The van der Waals surface area contributed by atoms with Gasteiger partial charge in [-0.05, 0) is 31.4 Å². The maximum absolute atomic E-state index is 12.1. The summed E-state index contributed by atoms with van der Waals surface area (Å²) in [7, 11) is 0. The lowest BCUT2D eigenvalue weighted by atomic mass is 9.97. The molecule has 2 N–H and O–H groups in total. The zero-order valence-electron chi connectivity index (χ0n) is 11.9. The van der Waals surface area contributed by atoms with Gasteiger partial charge in [0.2, 0.25) is 0 Å². The summed E-state index contributed by atoms with van der Waals surface area (Å²) in [5.74, 6) is 0.809. The first-order chi connectivity index (χ1) is 10.0. The number of amides is 1. The first-order valence-corrected chi connectivity index (χ1v) is 7.90. The quantitative estimate of drug-likeness (QED) is 0.802. The minimum absolute atomic E-state index is 0. The third kappa shape index (κ3) is 5.07. The van der Waals surface area contributed by atoms with Crippen LogP contribution < -0.4 is 10.5 Å². The molecule has 0 aliphatic carbocycles. The van der Waals surface area contributed by atoms with Crippen LogP contribution in [0.15, 0.2) is 12.1 Å². The number of nitrogens with zero attached hydrogens (tertiary/aromatic N) is 1. The lowest BCUT2D eigenvalue weighted by Crippen LogP contribution is -2.42. The topological polar surface area (TPSA) is 55.6 Å². The van der Waals surface area contributed by atoms with E-state index < -0.39 is 0 Å². The maximum Gasteiger partial charge on any atom is 0.260 e. The SMILES string of the molecule is Cl.NCC1CCN(C(=O)COc2cc(Cl)c(Cl)cc2Cl)CC1. The predicted octanol–water partition coefficient (Wildman–Crippen LogP) is 3.64. The molecule has 0 unspecified atom stereocenters. The molecule has 22 heavy (non-hydrogen) atoms. The standard InChI is InChI=1S/C14H17Cl3N2O2.ClH/c15-10-5-12(17)13(6-11(10)16)21-8-14(20)19-3-1-9(7-18)2-4-19;/h5-6,9H,1-4,7-8,18H2;1H. The molecule has 1 aliphatic heterocycles. The Morgan fingerprint density at radius 3 is 2.36 bits per heavy atom. The summed E-state index contributed by atoms with van der Waals surface area (Å²) in [6.07, 6.45) is 1.88. The van der Waals surface area contributed by atoms with E-state index in [0.717, 1.165) is 25.9 Å². The molecule has 1 fully saturated rings. The lowest BCUT2D eigenvalue weighted by Gasteiger charge is -2.31. The maximum atomic E-state index is 12.1. The highest BCUT2D eigenvalue weighted by molar-refractivity contribution is 6.43. The summed E-state index contributed by atoms with van der Waals surface area (Å²) in [4.78, 5) is 13.9. The molecule has 1 saturated heterocycles. The van der Waals surface area contributed by atoms with E-state index in [2.05, 4.69) is 0 Å². The van der Waals surface area contributed by atoms with Gasteiger partial charge in [0.25, 0.3) is 5.91 Å². The van der Waals surface area contributed by atoms with E-state index in [-0.39, 0.29) is 24.9 Å². The molecule has 8 heteroatoms. The smallest absolute Gasteiger partial charge is 0.260 e. The Kier molecular flexibility index (Phi) is 8.08. The summed E-state index contributed by atoms with van der Waals surface area (Å²) in [6.45, 7) is 2.06. The Balaban J connectivity index is 0.00000242. The van der Waals surface area contributed by atoms with Crippen molar-refractivity contribution < 1.29 is 9.53 Å². The summed E-state index contributed by atoms with van der Waals surface area (Å²) in [5, 5.41) is 1.02. The van der Waals surface area contributed by atoms with Crippen LogP contribution in [0.2, 0.25) is 15.1 Å². The fourth-order valence-electron chi connectivity index (χ4n) is 2.26. The largest absolute Gasteiger partial charge is 0.482 e. The van der Waals surface area contributed by atoms with Crippen LogP contribution in [0.25, 0.3) is 0 Å². The molecule has 0 bridgehead atoms. The highest BCUT2D eigenvalue weighted by Gasteiger charge is 2.22. The minimum Gasteiger partial charge on any atom is -0.482 e. The first-order valence-electron chi connectivity index (χ1n) is 6.76. The molecule has 4 nitrogen and oxygen atoms in total. The second-order valence-electron chi connectivity index (χ2n) is 5.05. The van der Waals surface area contributed by atoms with Crippen molar-refractivity contribution in [3.05, 3.63) is 27.2 Å². The van der Waals surface area contributed by atoms with Crippen molar-refractivity contribution in [1.29, 1.82) is 0 Å². The van der Waals surface area contributed by atoms with Crippen molar-refractivity contribution in [2.45, 2.75) is 12.8 Å². The Morgan fingerprint density at radius 2 is 1.77 bits per heavy atom. The van der Waals surface area contributed by atoms with E-state index in [0.29, 0.717) is 33.3 Å². The molecule has 0 aromatic heterocycles. The number of hydrogen-bond donors (Lipinski definition) is 1. The van der Waals surface area contributed by atoms with Gasteiger partial charge in [0.1, 0.15) is 5.75 Å². The van der Waals surface area contributed by atoms with Crippen LogP contribution >= 0.6 is 47.2 Å². The Labute approximate surface area is 151 Å². The zero-order valence-corrected chi connectivity index (χ0v) is 14.9. The van der Waals surface area contributed by atoms with Gasteiger partial charge in [0.15, 0.2) is 6.61 Å². The number of carbonyl (C=O) groups excluding carboxylic acids is 1. The van der Waals surface area contributed by atoms with Crippen LogP contribution in [0.3, 0.4) is 0 Å². The van der Waals surface area contributed by atoms with Crippen molar-refractivity contribution in [3.8, 4) is 5.75 Å². The second kappa shape index (κ2) is 9.04. The van der Waals surface area contributed by atoms with Gasteiger partial charge in [-0.1, -0.05) is 34.8 Å². The van der Waals surface area contributed by atoms with Gasteiger partial charge >= 0.3 is 0 Å². The molecule has 1 aromatic rings. The molecule has 0 spiro atoms. The fourth-order valence-corrected chi connectivity index (χ4v) is 2.86. The fraction of sp³-hybridized carbons (Fsp3) is 0.500. The minimum atomic E-state index is -0.0645. The molecular weight excluding hydrogens is 370 g/mol. The van der Waals surface area contributed by atoms with Gasteiger partial charge in [-0.15, -0.1) is 12.4 Å². The van der Waals surface area contributed by atoms with E-state index in [9.17, 15) is 4.79 Å². The van der Waals surface area contributed by atoms with E-state index >= 15 is 0 Å². The van der Waals surface area contributed by atoms with E-state index in [4.69, 9.17) is 45.3 Å². The number of halogens is 4. The number of piperidine rings is 1. The first kappa shape index (κ1) is 19.7. The monoisotopic (exact) mass is 386 g/mol.